The summed E-state index contributed by atoms with van der Waals surface area (Å²) in [5.41, 5.74) is 1.36. The molecule has 0 amide bonds. The fourth-order valence-corrected chi connectivity index (χ4v) is 4.53. The van der Waals surface area contributed by atoms with Crippen LogP contribution in [0.25, 0.3) is 0 Å². The first-order valence-electron chi connectivity index (χ1n) is 7.84. The maximum absolute atomic E-state index is 5.70. The summed E-state index contributed by atoms with van der Waals surface area (Å²) in [6.07, 6.45) is 4.28. The molecule has 1 N–H and O–H groups in total. The van der Waals surface area contributed by atoms with E-state index in [9.17, 15) is 0 Å². The van der Waals surface area contributed by atoms with Gasteiger partial charge in [0, 0.05) is 13.2 Å². The van der Waals surface area contributed by atoms with E-state index in [2.05, 4.69) is 46.5 Å². The summed E-state index contributed by atoms with van der Waals surface area (Å²) < 4.78 is 11.7. The molecule has 2 aliphatic rings. The van der Waals surface area contributed by atoms with Gasteiger partial charge in [-0.1, -0.05) is 12.5 Å². The van der Waals surface area contributed by atoms with Crippen molar-refractivity contribution in [1.82, 2.24) is 5.32 Å². The molecule has 0 heterocycles. The number of methoxy groups -OCH3 is 1. The standard InChI is InChI=1S/C17H24BrNO2/c1-19-17(16-12-4-3-5-13(12)16)11-6-7-15(14(18)10-11)21-9-8-20-2/h6-7,10,12-13,16-17,19H,3-5,8-9H2,1-2H3. The molecule has 1 aromatic carbocycles. The van der Waals surface area contributed by atoms with Gasteiger partial charge in [0.25, 0.3) is 0 Å². The second-order valence-electron chi connectivity index (χ2n) is 6.13. The average Bonchev–Trinajstić information content (AvgIpc) is 2.95. The lowest BCUT2D eigenvalue weighted by atomic mass is 9.97. The van der Waals surface area contributed by atoms with Gasteiger partial charge in [0.1, 0.15) is 12.4 Å². The molecular weight excluding hydrogens is 330 g/mol. The molecule has 2 fully saturated rings. The number of ether oxygens (including phenoxy) is 2. The Hall–Kier alpha value is -0.580. The third-order valence-corrected chi connectivity index (χ3v) is 5.65. The van der Waals surface area contributed by atoms with Crippen molar-refractivity contribution in [1.29, 1.82) is 0 Å². The summed E-state index contributed by atoms with van der Waals surface area (Å²) in [7, 11) is 3.77. The SMILES string of the molecule is CNC(c1ccc(OCCOC)c(Br)c1)C1C2CCCC21. The van der Waals surface area contributed by atoms with Gasteiger partial charge in [-0.05, 0) is 71.3 Å². The topological polar surface area (TPSA) is 30.5 Å². The molecule has 0 radical (unpaired) electrons. The highest BCUT2D eigenvalue weighted by molar-refractivity contribution is 9.10. The van der Waals surface area contributed by atoms with E-state index in [1.165, 1.54) is 24.8 Å². The van der Waals surface area contributed by atoms with Crippen molar-refractivity contribution in [3.63, 3.8) is 0 Å². The summed E-state index contributed by atoms with van der Waals surface area (Å²) in [6, 6.07) is 6.95. The average molecular weight is 354 g/mol. The van der Waals surface area contributed by atoms with E-state index in [0.29, 0.717) is 19.3 Å². The minimum absolute atomic E-state index is 0.477. The number of halogens is 1. The van der Waals surface area contributed by atoms with Gasteiger partial charge >= 0.3 is 0 Å². The first-order chi connectivity index (χ1) is 10.3. The number of rotatable bonds is 7. The fourth-order valence-electron chi connectivity index (χ4n) is 4.02. The predicted molar refractivity (Wildman–Crippen MR) is 87.6 cm³/mol. The molecule has 3 atom stereocenters. The number of fused-ring (bicyclic) bond motifs is 1. The monoisotopic (exact) mass is 353 g/mol. The molecule has 1 aromatic rings. The molecule has 0 bridgehead atoms. The largest absolute Gasteiger partial charge is 0.490 e. The Balaban J connectivity index is 1.68. The second kappa shape index (κ2) is 6.67. The van der Waals surface area contributed by atoms with Gasteiger partial charge in [-0.3, -0.25) is 0 Å². The quantitative estimate of drug-likeness (QED) is 0.756. The van der Waals surface area contributed by atoms with Crippen LogP contribution < -0.4 is 10.1 Å². The Morgan fingerprint density at radius 2 is 2.05 bits per heavy atom. The van der Waals surface area contributed by atoms with Crippen LogP contribution in [0.3, 0.4) is 0 Å². The second-order valence-corrected chi connectivity index (χ2v) is 6.99. The zero-order valence-corrected chi connectivity index (χ0v) is 14.4. The van der Waals surface area contributed by atoms with Gasteiger partial charge in [-0.25, -0.2) is 0 Å². The van der Waals surface area contributed by atoms with Crippen molar-refractivity contribution in [2.45, 2.75) is 25.3 Å². The molecule has 3 unspecified atom stereocenters. The van der Waals surface area contributed by atoms with Gasteiger partial charge in [0.15, 0.2) is 0 Å². The van der Waals surface area contributed by atoms with Crippen molar-refractivity contribution in [2.75, 3.05) is 27.4 Å². The van der Waals surface area contributed by atoms with Gasteiger partial charge in [-0.2, -0.15) is 0 Å². The number of benzene rings is 1. The van der Waals surface area contributed by atoms with Crippen molar-refractivity contribution < 1.29 is 9.47 Å². The molecule has 116 valence electrons. The maximum Gasteiger partial charge on any atom is 0.133 e. The first-order valence-corrected chi connectivity index (χ1v) is 8.64. The van der Waals surface area contributed by atoms with E-state index in [4.69, 9.17) is 9.47 Å². The number of nitrogens with one attached hydrogen (secondary N) is 1. The van der Waals surface area contributed by atoms with Crippen LogP contribution in [-0.2, 0) is 4.74 Å². The lowest BCUT2D eigenvalue weighted by Gasteiger charge is -2.20. The maximum atomic E-state index is 5.70. The molecule has 3 rings (SSSR count). The molecule has 2 aliphatic carbocycles. The third kappa shape index (κ3) is 3.13. The molecule has 2 saturated carbocycles. The van der Waals surface area contributed by atoms with E-state index in [1.54, 1.807) is 7.11 Å². The van der Waals surface area contributed by atoms with Gasteiger partial charge in [-0.15, -0.1) is 0 Å². The van der Waals surface area contributed by atoms with Crippen LogP contribution >= 0.6 is 15.9 Å². The minimum Gasteiger partial charge on any atom is -0.490 e. The highest BCUT2D eigenvalue weighted by Gasteiger charge is 2.55. The lowest BCUT2D eigenvalue weighted by Crippen LogP contribution is -2.20. The summed E-state index contributed by atoms with van der Waals surface area (Å²) in [4.78, 5) is 0. The van der Waals surface area contributed by atoms with Crippen molar-refractivity contribution in [3.8, 4) is 5.75 Å². The van der Waals surface area contributed by atoms with Gasteiger partial charge < -0.3 is 14.8 Å². The molecule has 0 aromatic heterocycles. The summed E-state index contributed by atoms with van der Waals surface area (Å²) >= 11 is 3.63. The van der Waals surface area contributed by atoms with E-state index in [0.717, 1.165) is 28.0 Å². The van der Waals surface area contributed by atoms with Crippen LogP contribution in [0.1, 0.15) is 30.9 Å². The normalized spacial score (nSPS) is 28.2. The highest BCUT2D eigenvalue weighted by atomic mass is 79.9. The Morgan fingerprint density at radius 3 is 2.67 bits per heavy atom. The van der Waals surface area contributed by atoms with Crippen molar-refractivity contribution in [2.24, 2.45) is 17.8 Å². The third-order valence-electron chi connectivity index (χ3n) is 5.03. The highest BCUT2D eigenvalue weighted by Crippen LogP contribution is 2.62. The molecule has 0 aliphatic heterocycles. The van der Waals surface area contributed by atoms with E-state index in [-0.39, 0.29) is 0 Å². The lowest BCUT2D eigenvalue weighted by molar-refractivity contribution is 0.146. The predicted octanol–water partition coefficient (Wildman–Crippen LogP) is 3.78. The van der Waals surface area contributed by atoms with Crippen molar-refractivity contribution in [3.05, 3.63) is 28.2 Å². The van der Waals surface area contributed by atoms with Crippen LogP contribution in [0.5, 0.6) is 5.75 Å². The van der Waals surface area contributed by atoms with Crippen molar-refractivity contribution >= 4 is 15.9 Å². The molecule has 21 heavy (non-hydrogen) atoms. The van der Waals surface area contributed by atoms with E-state index in [1.807, 2.05) is 0 Å². The fraction of sp³-hybridized carbons (Fsp3) is 0.647. The zero-order chi connectivity index (χ0) is 14.8. The summed E-state index contributed by atoms with van der Waals surface area (Å²) in [5.74, 6) is 3.63. The number of hydrogen-bond acceptors (Lipinski definition) is 3. The Bertz CT molecular complexity index is 484. The Labute approximate surface area is 135 Å². The Kier molecular flexibility index (Phi) is 4.87. The van der Waals surface area contributed by atoms with E-state index < -0.39 is 0 Å². The summed E-state index contributed by atoms with van der Waals surface area (Å²) in [5, 5.41) is 3.53. The molecular formula is C17H24BrNO2. The molecule has 0 saturated heterocycles. The molecule has 4 heteroatoms. The Morgan fingerprint density at radius 1 is 1.29 bits per heavy atom. The number of hydrogen-bond donors (Lipinski definition) is 1. The zero-order valence-electron chi connectivity index (χ0n) is 12.8. The van der Waals surface area contributed by atoms with Crippen LogP contribution in [0, 0.1) is 17.8 Å². The van der Waals surface area contributed by atoms with E-state index >= 15 is 0 Å². The minimum atomic E-state index is 0.477. The smallest absolute Gasteiger partial charge is 0.133 e. The summed E-state index contributed by atoms with van der Waals surface area (Å²) in [6.45, 7) is 1.19. The van der Waals surface area contributed by atoms with Gasteiger partial charge in [0.2, 0.25) is 0 Å². The molecule has 3 nitrogen and oxygen atoms in total. The van der Waals surface area contributed by atoms with Crippen LogP contribution in [-0.4, -0.2) is 27.4 Å². The van der Waals surface area contributed by atoms with Crippen LogP contribution in [0.2, 0.25) is 0 Å². The first kappa shape index (κ1) is 15.3. The molecule has 0 spiro atoms. The van der Waals surface area contributed by atoms with Crippen LogP contribution in [0.15, 0.2) is 22.7 Å². The van der Waals surface area contributed by atoms with Gasteiger partial charge in [0.05, 0.1) is 11.1 Å². The van der Waals surface area contributed by atoms with Crippen LogP contribution in [0.4, 0.5) is 0 Å².